The van der Waals surface area contributed by atoms with Gasteiger partial charge in [-0.25, -0.2) is 0 Å². The summed E-state index contributed by atoms with van der Waals surface area (Å²) in [4.78, 5) is 24.1. The second kappa shape index (κ2) is 9.23. The molecule has 0 fully saturated rings. The number of halogens is 1. The number of aryl methyl sites for hydroxylation is 1. The zero-order valence-corrected chi connectivity index (χ0v) is 15.3. The van der Waals surface area contributed by atoms with E-state index in [-0.39, 0.29) is 11.8 Å². The van der Waals surface area contributed by atoms with Crippen LogP contribution in [0.15, 0.2) is 42.5 Å². The smallest absolute Gasteiger partial charge is 0.255 e. The number of carbonyl (C=O) groups excluding carboxylic acids is 2. The SMILES string of the molecule is CCCCCC(=O)Nc1ccc(C(=O)Nc2ccc(Cl)cc2C)cc1. The van der Waals surface area contributed by atoms with Crippen molar-refractivity contribution < 1.29 is 9.59 Å². The molecule has 0 aliphatic heterocycles. The van der Waals surface area contributed by atoms with Gasteiger partial charge in [0.15, 0.2) is 0 Å². The van der Waals surface area contributed by atoms with Crippen LogP contribution in [0.1, 0.15) is 48.5 Å². The van der Waals surface area contributed by atoms with Crippen molar-refractivity contribution >= 4 is 34.8 Å². The molecule has 0 unspecified atom stereocenters. The number of unbranched alkanes of at least 4 members (excludes halogenated alkanes) is 2. The lowest BCUT2D eigenvalue weighted by Crippen LogP contribution is -2.14. The Kier molecular flexibility index (Phi) is 7.02. The summed E-state index contributed by atoms with van der Waals surface area (Å²) in [6.07, 6.45) is 3.55. The first-order chi connectivity index (χ1) is 12.0. The van der Waals surface area contributed by atoms with Crippen LogP contribution < -0.4 is 10.6 Å². The van der Waals surface area contributed by atoms with Gasteiger partial charge in [0.05, 0.1) is 0 Å². The highest BCUT2D eigenvalue weighted by Gasteiger charge is 2.09. The van der Waals surface area contributed by atoms with Crippen LogP contribution in [0, 0.1) is 6.92 Å². The Hall–Kier alpha value is -2.33. The van der Waals surface area contributed by atoms with E-state index in [0.717, 1.165) is 30.5 Å². The van der Waals surface area contributed by atoms with Crippen molar-refractivity contribution in [2.45, 2.75) is 39.5 Å². The molecule has 2 N–H and O–H groups in total. The summed E-state index contributed by atoms with van der Waals surface area (Å²) >= 11 is 5.92. The van der Waals surface area contributed by atoms with E-state index in [1.165, 1.54) is 0 Å². The summed E-state index contributed by atoms with van der Waals surface area (Å²) in [6, 6.07) is 12.2. The Morgan fingerprint density at radius 2 is 1.72 bits per heavy atom. The van der Waals surface area contributed by atoms with E-state index >= 15 is 0 Å². The molecule has 0 heterocycles. The standard InChI is InChI=1S/C20H23ClN2O2/c1-3-4-5-6-19(24)22-17-10-7-15(8-11-17)20(25)23-18-12-9-16(21)13-14(18)2/h7-13H,3-6H2,1-2H3,(H,22,24)(H,23,25). The fraction of sp³-hybridized carbons (Fsp3) is 0.300. The molecule has 2 aromatic rings. The molecule has 0 saturated carbocycles. The second-order valence-corrected chi connectivity index (χ2v) is 6.43. The first-order valence-electron chi connectivity index (χ1n) is 8.47. The number of carbonyl (C=O) groups is 2. The van der Waals surface area contributed by atoms with Gasteiger partial charge in [0.2, 0.25) is 5.91 Å². The maximum Gasteiger partial charge on any atom is 0.255 e. The summed E-state index contributed by atoms with van der Waals surface area (Å²) in [6.45, 7) is 3.99. The summed E-state index contributed by atoms with van der Waals surface area (Å²) in [5.41, 5.74) is 2.85. The highest BCUT2D eigenvalue weighted by atomic mass is 35.5. The van der Waals surface area contributed by atoms with E-state index in [1.54, 1.807) is 42.5 Å². The van der Waals surface area contributed by atoms with Gasteiger partial charge in [-0.2, -0.15) is 0 Å². The first kappa shape index (κ1) is 19.0. The van der Waals surface area contributed by atoms with E-state index < -0.39 is 0 Å². The van der Waals surface area contributed by atoms with Gasteiger partial charge in [-0.15, -0.1) is 0 Å². The molecule has 4 nitrogen and oxygen atoms in total. The lowest BCUT2D eigenvalue weighted by molar-refractivity contribution is -0.116. The Balaban J connectivity index is 1.94. The average molecular weight is 359 g/mol. The van der Waals surface area contributed by atoms with Gasteiger partial charge in [-0.1, -0.05) is 31.4 Å². The van der Waals surface area contributed by atoms with Crippen LogP contribution in [-0.4, -0.2) is 11.8 Å². The zero-order valence-electron chi connectivity index (χ0n) is 14.6. The van der Waals surface area contributed by atoms with Gasteiger partial charge in [-0.3, -0.25) is 9.59 Å². The normalized spacial score (nSPS) is 10.4. The average Bonchev–Trinajstić information content (AvgIpc) is 2.58. The molecule has 0 aliphatic rings. The van der Waals surface area contributed by atoms with Crippen LogP contribution in [0.2, 0.25) is 5.02 Å². The largest absolute Gasteiger partial charge is 0.326 e. The van der Waals surface area contributed by atoms with Crippen LogP contribution in [0.3, 0.4) is 0 Å². The molecule has 132 valence electrons. The van der Waals surface area contributed by atoms with Crippen molar-refractivity contribution in [3.8, 4) is 0 Å². The molecule has 25 heavy (non-hydrogen) atoms. The van der Waals surface area contributed by atoms with Crippen LogP contribution in [-0.2, 0) is 4.79 Å². The van der Waals surface area contributed by atoms with Crippen LogP contribution >= 0.6 is 11.6 Å². The second-order valence-electron chi connectivity index (χ2n) is 6.00. The molecule has 2 amide bonds. The number of hydrogen-bond donors (Lipinski definition) is 2. The summed E-state index contributed by atoms with van der Waals surface area (Å²) in [5.74, 6) is -0.200. The van der Waals surface area contributed by atoms with Crippen molar-refractivity contribution in [2.24, 2.45) is 0 Å². The third kappa shape index (κ3) is 5.91. The van der Waals surface area contributed by atoms with Gasteiger partial charge in [0, 0.05) is 28.4 Å². The molecule has 0 aliphatic carbocycles. The monoisotopic (exact) mass is 358 g/mol. The van der Waals surface area contributed by atoms with Gasteiger partial charge in [0.1, 0.15) is 0 Å². The molecule has 2 rings (SSSR count). The van der Waals surface area contributed by atoms with Gasteiger partial charge in [0.25, 0.3) is 5.91 Å². The summed E-state index contributed by atoms with van der Waals surface area (Å²) in [5, 5.41) is 6.34. The highest BCUT2D eigenvalue weighted by molar-refractivity contribution is 6.30. The minimum absolute atomic E-state index is 0.00226. The lowest BCUT2D eigenvalue weighted by Gasteiger charge is -2.10. The van der Waals surface area contributed by atoms with Crippen LogP contribution in [0.25, 0.3) is 0 Å². The molecular weight excluding hydrogens is 336 g/mol. The van der Waals surface area contributed by atoms with E-state index in [0.29, 0.717) is 22.7 Å². The number of anilines is 2. The van der Waals surface area contributed by atoms with Crippen LogP contribution in [0.5, 0.6) is 0 Å². The highest BCUT2D eigenvalue weighted by Crippen LogP contribution is 2.20. The quantitative estimate of drug-likeness (QED) is 0.649. The van der Waals surface area contributed by atoms with Gasteiger partial charge in [-0.05, 0) is 61.4 Å². The first-order valence-corrected chi connectivity index (χ1v) is 8.85. The van der Waals surface area contributed by atoms with E-state index in [4.69, 9.17) is 11.6 Å². The molecule has 0 saturated heterocycles. The number of nitrogens with one attached hydrogen (secondary N) is 2. The Morgan fingerprint density at radius 3 is 2.36 bits per heavy atom. The van der Waals surface area contributed by atoms with Crippen molar-refractivity contribution in [3.63, 3.8) is 0 Å². The molecule has 0 bridgehead atoms. The summed E-state index contributed by atoms with van der Waals surface area (Å²) < 4.78 is 0. The third-order valence-electron chi connectivity index (χ3n) is 3.87. The Morgan fingerprint density at radius 1 is 1.00 bits per heavy atom. The third-order valence-corrected chi connectivity index (χ3v) is 4.11. The Labute approximate surface area is 153 Å². The fourth-order valence-corrected chi connectivity index (χ4v) is 2.65. The van der Waals surface area contributed by atoms with Crippen molar-refractivity contribution in [2.75, 3.05) is 10.6 Å². The topological polar surface area (TPSA) is 58.2 Å². The zero-order chi connectivity index (χ0) is 18.2. The van der Waals surface area contributed by atoms with Crippen molar-refractivity contribution in [1.29, 1.82) is 0 Å². The van der Waals surface area contributed by atoms with E-state index in [2.05, 4.69) is 17.6 Å². The van der Waals surface area contributed by atoms with E-state index in [1.807, 2.05) is 6.92 Å². The number of hydrogen-bond acceptors (Lipinski definition) is 2. The van der Waals surface area contributed by atoms with E-state index in [9.17, 15) is 9.59 Å². The fourth-order valence-electron chi connectivity index (χ4n) is 2.43. The van der Waals surface area contributed by atoms with Crippen LogP contribution in [0.4, 0.5) is 11.4 Å². The van der Waals surface area contributed by atoms with Gasteiger partial charge < -0.3 is 10.6 Å². The molecule has 0 radical (unpaired) electrons. The maximum atomic E-state index is 12.3. The molecular formula is C20H23ClN2O2. The number of rotatable bonds is 7. The maximum absolute atomic E-state index is 12.3. The predicted octanol–water partition coefficient (Wildman–Crippen LogP) is 5.42. The molecule has 0 atom stereocenters. The number of benzene rings is 2. The predicted molar refractivity (Wildman–Crippen MR) is 103 cm³/mol. The summed E-state index contributed by atoms with van der Waals surface area (Å²) in [7, 11) is 0. The number of amides is 2. The minimum Gasteiger partial charge on any atom is -0.326 e. The minimum atomic E-state index is -0.203. The van der Waals surface area contributed by atoms with Crippen molar-refractivity contribution in [3.05, 3.63) is 58.6 Å². The molecule has 0 spiro atoms. The molecule has 5 heteroatoms. The lowest BCUT2D eigenvalue weighted by atomic mass is 10.1. The Bertz CT molecular complexity index is 742. The molecule has 2 aromatic carbocycles. The van der Waals surface area contributed by atoms with Gasteiger partial charge >= 0.3 is 0 Å². The van der Waals surface area contributed by atoms with Crippen molar-refractivity contribution in [1.82, 2.24) is 0 Å². The molecule has 0 aromatic heterocycles.